The summed E-state index contributed by atoms with van der Waals surface area (Å²) in [6.45, 7) is 0. The number of aryl methyl sites for hydroxylation is 7. The van der Waals surface area contributed by atoms with E-state index in [9.17, 15) is 20.4 Å². The highest BCUT2D eigenvalue weighted by molar-refractivity contribution is 6.13. The molecule has 0 fully saturated rings. The van der Waals surface area contributed by atoms with E-state index in [0.29, 0.717) is 0 Å². The molecule has 0 spiro atoms. The Kier molecular flexibility index (Phi) is 29.6. The summed E-state index contributed by atoms with van der Waals surface area (Å²) in [6, 6.07) is 51.6. The Hall–Kier alpha value is -17.2. The minimum atomic E-state index is 0. The SMILES string of the molecule is C.C.C.C.C.C.COc1cc2[nH]ncc2c2c3c(c(-c4ccc(O)cc4)nc12)CCCC3.Cn1ncc2c3c4c(c(-c5ccc(O)cc5)nc3ccc21)CCCC4.N=C(N)c1ccc(-c2nc3ccc4[nH]ncc4c3c3c2CCCC3)cc1.Oc1ccc(-c2nc3cn[nH]c3c3c2CCCC3)cc1.Oc1ccc(-c2nc3cnc4[nH]ncc4c3c3c2CCCC3)cc1.c1n[nH]cc1-c1nc2ccc3[nH]ncc3c2c2c1CCCC2. The molecule has 0 bridgehead atoms. The van der Waals surface area contributed by atoms with Crippen LogP contribution in [-0.2, 0) is 84.1 Å². The average Bonchev–Trinajstić information content (AvgIpc) is 1.67. The number of rotatable bonds is 8. The van der Waals surface area contributed by atoms with Crippen molar-refractivity contribution in [1.82, 2.24) is 106 Å². The quantitative estimate of drug-likeness (QED) is 0.0496. The third kappa shape index (κ3) is 18.9. The number of amidine groups is 1. The van der Waals surface area contributed by atoms with Gasteiger partial charge in [0, 0.05) is 112 Å². The molecule has 6 aliphatic carbocycles. The van der Waals surface area contributed by atoms with Crippen LogP contribution in [0.3, 0.4) is 0 Å². The lowest BCUT2D eigenvalue weighted by atomic mass is 9.85. The number of phenols is 4. The van der Waals surface area contributed by atoms with Crippen LogP contribution in [0.2, 0.25) is 0 Å². The van der Waals surface area contributed by atoms with Crippen LogP contribution in [0.5, 0.6) is 28.7 Å². The van der Waals surface area contributed by atoms with Gasteiger partial charge in [0.15, 0.2) is 5.65 Å². The van der Waals surface area contributed by atoms with Gasteiger partial charge < -0.3 is 30.9 Å². The van der Waals surface area contributed by atoms with Crippen molar-refractivity contribution in [2.45, 2.75) is 199 Å². The number of ether oxygens (including phenoxy) is 1. The number of phenolic OH excluding ortho intramolecular Hbond substituents is 4. The molecule has 0 atom stereocenters. The Morgan fingerprint density at radius 1 is 0.315 bits per heavy atom. The molecule has 0 unspecified atom stereocenters. The number of aromatic nitrogens is 21. The first-order chi connectivity index (χ1) is 70.3. The molecular formula is C121H127N23O5. The van der Waals surface area contributed by atoms with Gasteiger partial charge in [-0.25, -0.2) is 34.9 Å². The van der Waals surface area contributed by atoms with Gasteiger partial charge in [0.25, 0.3) is 0 Å². The zero-order valence-corrected chi connectivity index (χ0v) is 79.2. The van der Waals surface area contributed by atoms with Crippen molar-refractivity contribution in [1.29, 1.82) is 5.41 Å². The number of benzene rings is 9. The Bertz CT molecular complexity index is 8870. The van der Waals surface area contributed by atoms with Crippen molar-refractivity contribution in [3.63, 3.8) is 0 Å². The minimum absolute atomic E-state index is 0. The molecule has 756 valence electrons. The van der Waals surface area contributed by atoms with E-state index >= 15 is 0 Å². The second kappa shape index (κ2) is 43.2. The lowest BCUT2D eigenvalue weighted by molar-refractivity contribution is 0.419. The van der Waals surface area contributed by atoms with E-state index in [1.807, 2.05) is 140 Å². The van der Waals surface area contributed by atoms with E-state index in [2.05, 4.69) is 108 Å². The summed E-state index contributed by atoms with van der Waals surface area (Å²) in [7, 11) is 3.66. The van der Waals surface area contributed by atoms with Gasteiger partial charge in [0.1, 0.15) is 45.6 Å². The number of hydrogen-bond donors (Lipinski definition) is 12. The molecule has 6 aliphatic rings. The second-order valence-corrected chi connectivity index (χ2v) is 38.1. The van der Waals surface area contributed by atoms with Gasteiger partial charge in [-0.1, -0.05) is 68.8 Å². The van der Waals surface area contributed by atoms with Crippen LogP contribution in [0.4, 0.5) is 0 Å². The number of nitrogens with zero attached hydrogens (tertiary/aromatic N) is 15. The monoisotopic (exact) mass is 1980 g/mol. The summed E-state index contributed by atoms with van der Waals surface area (Å²) in [5, 5.41) is 105. The molecule has 14 heterocycles. The van der Waals surface area contributed by atoms with Crippen LogP contribution in [0.15, 0.2) is 220 Å². The Labute approximate surface area is 863 Å². The zero-order valence-electron chi connectivity index (χ0n) is 79.2. The Morgan fingerprint density at radius 3 is 1.09 bits per heavy atom. The fraction of sp³-hybridized carbons (Fsp3) is 0.264. The number of fused-ring (bicyclic) bond motifs is 28. The van der Waals surface area contributed by atoms with Crippen LogP contribution >= 0.6 is 0 Å². The first-order valence-electron chi connectivity index (χ1n) is 49.5. The lowest BCUT2D eigenvalue weighted by Gasteiger charge is -2.22. The van der Waals surface area contributed by atoms with Gasteiger partial charge in [0.05, 0.1) is 140 Å². The van der Waals surface area contributed by atoms with Gasteiger partial charge in [0.2, 0.25) is 0 Å². The number of aromatic hydroxyl groups is 4. The van der Waals surface area contributed by atoms with Crippen LogP contribution in [0, 0.1) is 5.41 Å². The molecule has 149 heavy (non-hydrogen) atoms. The van der Waals surface area contributed by atoms with Crippen LogP contribution in [0.25, 0.3) is 188 Å². The number of aromatic amines is 6. The predicted molar refractivity (Wildman–Crippen MR) is 603 cm³/mol. The van der Waals surface area contributed by atoms with Gasteiger partial charge in [-0.2, -0.15) is 35.7 Å². The molecule has 9 aromatic carbocycles. The number of nitrogen functional groups attached to an aromatic ring is 1. The summed E-state index contributed by atoms with van der Waals surface area (Å²) in [6.07, 6.45) is 44.2. The maximum Gasteiger partial charge on any atom is 0.155 e. The number of nitrogens with one attached hydrogen (secondary N) is 7. The molecule has 28 nitrogen and oxygen atoms in total. The van der Waals surface area contributed by atoms with Gasteiger partial charge in [-0.05, 0) is 354 Å². The Balaban J connectivity index is 0.000000116. The lowest BCUT2D eigenvalue weighted by Crippen LogP contribution is -2.11. The molecule has 0 aliphatic heterocycles. The van der Waals surface area contributed by atoms with Crippen molar-refractivity contribution in [3.8, 4) is 96.3 Å². The van der Waals surface area contributed by atoms with Crippen LogP contribution in [0.1, 0.15) is 194 Å². The third-order valence-electron chi connectivity index (χ3n) is 29.6. The molecule has 29 rings (SSSR count). The highest BCUT2D eigenvalue weighted by Crippen LogP contribution is 2.47. The molecule has 0 saturated heterocycles. The first-order valence-corrected chi connectivity index (χ1v) is 49.5. The number of hydrogen-bond acceptors (Lipinski definition) is 20. The Morgan fingerprint density at radius 2 is 0.658 bits per heavy atom. The number of H-pyrrole nitrogens is 6. The van der Waals surface area contributed by atoms with Crippen molar-refractivity contribution in [2.75, 3.05) is 7.11 Å². The third-order valence-corrected chi connectivity index (χ3v) is 29.6. The molecule has 14 aromatic heterocycles. The normalized spacial score (nSPS) is 13.6. The number of pyridine rings is 7. The highest BCUT2D eigenvalue weighted by atomic mass is 16.5. The summed E-state index contributed by atoms with van der Waals surface area (Å²) in [4.78, 5) is 34.2. The molecule has 0 saturated carbocycles. The highest BCUT2D eigenvalue weighted by Gasteiger charge is 2.30. The van der Waals surface area contributed by atoms with Crippen molar-refractivity contribution < 1.29 is 25.2 Å². The zero-order chi connectivity index (χ0) is 96.5. The van der Waals surface area contributed by atoms with Crippen molar-refractivity contribution in [2.24, 2.45) is 12.8 Å². The van der Waals surface area contributed by atoms with E-state index in [0.717, 1.165) is 244 Å². The van der Waals surface area contributed by atoms with Gasteiger partial charge in [-0.3, -0.25) is 40.7 Å². The molecular weight excluding hydrogens is 1860 g/mol. The molecule has 23 aromatic rings. The summed E-state index contributed by atoms with van der Waals surface area (Å²) < 4.78 is 7.58. The van der Waals surface area contributed by atoms with Crippen molar-refractivity contribution >= 4 is 126 Å². The number of methoxy groups -OCH3 is 1. The van der Waals surface area contributed by atoms with Gasteiger partial charge in [-0.15, -0.1) is 0 Å². The molecule has 13 N–H and O–H groups in total. The fourth-order valence-electron chi connectivity index (χ4n) is 22.8. The van der Waals surface area contributed by atoms with Crippen molar-refractivity contribution in [3.05, 3.63) is 292 Å². The predicted octanol–water partition coefficient (Wildman–Crippen LogP) is 26.8. The van der Waals surface area contributed by atoms with Crippen LogP contribution < -0.4 is 10.5 Å². The van der Waals surface area contributed by atoms with Gasteiger partial charge >= 0.3 is 0 Å². The fourth-order valence-corrected chi connectivity index (χ4v) is 22.8. The molecule has 28 heteroatoms. The van der Waals surface area contributed by atoms with E-state index in [-0.39, 0.29) is 73.4 Å². The second-order valence-electron chi connectivity index (χ2n) is 38.1. The average molecular weight is 1980 g/mol. The van der Waals surface area contributed by atoms with E-state index in [1.165, 1.54) is 176 Å². The molecule has 0 amide bonds. The van der Waals surface area contributed by atoms with E-state index in [1.54, 1.807) is 61.8 Å². The van der Waals surface area contributed by atoms with Crippen LogP contribution in [-0.4, -0.2) is 139 Å². The van der Waals surface area contributed by atoms with E-state index < -0.39 is 0 Å². The van der Waals surface area contributed by atoms with E-state index in [4.69, 9.17) is 45.8 Å². The summed E-state index contributed by atoms with van der Waals surface area (Å²) in [5.41, 5.74) is 47.4. The minimum Gasteiger partial charge on any atom is -0.508 e. The maximum absolute atomic E-state index is 9.64. The summed E-state index contributed by atoms with van der Waals surface area (Å²) >= 11 is 0. The molecule has 0 radical (unpaired) electrons. The first kappa shape index (κ1) is 102. The largest absolute Gasteiger partial charge is 0.508 e. The standard InChI is InChI=1S/C21H19N5.C21H19N3O2.C21H19N3O.C19H16N4O.C17H15N5.C16H15N3O.6CH4/c22-21(23)13-7-5-12(6-8-13)20-15-4-2-1-3-14(15)19-16-11-24-26-17(16)9-10-18(19)25-20;1-26-18-10-17-16(11-22-24-17)19-14-4-2-3-5-15(14)20(23-21(18)19)12-6-8-13(25)9-7-12;1-24-19-11-10-18-20(17(19)12-22-24)15-4-2-3-5-16(15)21(23-18)13-6-8-14(25)9-7-13;24-12-7-5-11(6-8-12)18-14-4-2-1-3-13(14)17-15-9-21-23-19(15)20-10-16(17)22-18;1-2-4-12-11(3-1)16-13-9-20-22-14(13)5-6-15(16)21-17(12)10-7-18-19-8-10;20-11-7-5-10(6-8-11)15-12-3-1-2-4-13(12)16-14(18-15)9-17-19-16;;;;;;/h5-11H,1-4H2,(H3,22,23)(H,24,26);6-11,25H,2-5H2,1H3,(H,22,24);6-12,25H,2-5H2,1H3;5-10,24H,1-4H2,(H,20,21,23);5-9H,1-4H2,(H,18,19)(H,20,22);5-9,20H,1-4H2,(H,17,19);6*1H4. The number of nitrogens with two attached hydrogens (primary N) is 1. The smallest absolute Gasteiger partial charge is 0.155 e. The maximum atomic E-state index is 9.64. The summed E-state index contributed by atoms with van der Waals surface area (Å²) in [5.74, 6) is 1.95. The topological polar surface area (TPSA) is 420 Å².